The van der Waals surface area contributed by atoms with Crippen molar-refractivity contribution >= 4 is 29.1 Å². The normalized spacial score (nSPS) is 10.3. The molecular formula is C14H11Cl2NO. The van der Waals surface area contributed by atoms with Gasteiger partial charge in [0, 0.05) is 5.56 Å². The number of rotatable bonds is 3. The summed E-state index contributed by atoms with van der Waals surface area (Å²) in [6.07, 6.45) is 0.526. The van der Waals surface area contributed by atoms with Crippen LogP contribution in [-0.2, 0) is 6.42 Å². The van der Waals surface area contributed by atoms with Gasteiger partial charge in [0.15, 0.2) is 0 Å². The van der Waals surface area contributed by atoms with Crippen LogP contribution in [0.15, 0.2) is 42.5 Å². The number of carbonyl (C=O) groups is 1. The highest BCUT2D eigenvalue weighted by atomic mass is 35.5. The van der Waals surface area contributed by atoms with E-state index in [4.69, 9.17) is 28.9 Å². The third kappa shape index (κ3) is 2.66. The van der Waals surface area contributed by atoms with Crippen LogP contribution in [-0.4, -0.2) is 5.91 Å². The van der Waals surface area contributed by atoms with Crippen molar-refractivity contribution in [1.82, 2.24) is 0 Å². The fraction of sp³-hybridized carbons (Fsp3) is 0.0714. The van der Waals surface area contributed by atoms with E-state index in [0.29, 0.717) is 27.6 Å². The first-order valence-electron chi connectivity index (χ1n) is 5.40. The zero-order valence-corrected chi connectivity index (χ0v) is 11.0. The molecular weight excluding hydrogens is 269 g/mol. The average molecular weight is 280 g/mol. The first-order valence-corrected chi connectivity index (χ1v) is 6.16. The molecule has 0 radical (unpaired) electrons. The van der Waals surface area contributed by atoms with Gasteiger partial charge < -0.3 is 5.73 Å². The van der Waals surface area contributed by atoms with Crippen LogP contribution in [0.3, 0.4) is 0 Å². The van der Waals surface area contributed by atoms with Crippen LogP contribution < -0.4 is 5.73 Å². The molecule has 0 aliphatic carbocycles. The van der Waals surface area contributed by atoms with E-state index in [1.165, 1.54) is 0 Å². The first-order chi connectivity index (χ1) is 8.59. The number of carbonyl (C=O) groups excluding carboxylic acids is 1. The molecule has 2 nitrogen and oxygen atoms in total. The second-order valence-corrected chi connectivity index (χ2v) is 4.70. The minimum atomic E-state index is -0.500. The van der Waals surface area contributed by atoms with E-state index in [2.05, 4.69) is 0 Å². The molecule has 0 spiro atoms. The fourth-order valence-corrected chi connectivity index (χ4v) is 2.20. The Labute approximate surface area is 115 Å². The number of primary amides is 1. The highest BCUT2D eigenvalue weighted by Crippen LogP contribution is 2.30. The summed E-state index contributed by atoms with van der Waals surface area (Å²) >= 11 is 12.1. The second kappa shape index (κ2) is 5.42. The molecule has 2 rings (SSSR count). The van der Waals surface area contributed by atoms with Gasteiger partial charge in [0.05, 0.1) is 10.0 Å². The number of halogens is 2. The van der Waals surface area contributed by atoms with E-state index in [9.17, 15) is 4.79 Å². The van der Waals surface area contributed by atoms with Gasteiger partial charge >= 0.3 is 0 Å². The lowest BCUT2D eigenvalue weighted by molar-refractivity contribution is 0.0999. The summed E-state index contributed by atoms with van der Waals surface area (Å²) in [5.74, 6) is -0.500. The van der Waals surface area contributed by atoms with E-state index in [0.717, 1.165) is 5.56 Å². The lowest BCUT2D eigenvalue weighted by Gasteiger charge is -2.10. The average Bonchev–Trinajstić information content (AvgIpc) is 2.36. The van der Waals surface area contributed by atoms with Gasteiger partial charge in [0.2, 0.25) is 5.91 Å². The number of nitrogens with two attached hydrogens (primary N) is 1. The van der Waals surface area contributed by atoms with Gasteiger partial charge in [-0.3, -0.25) is 4.79 Å². The molecule has 0 saturated heterocycles. The Morgan fingerprint density at radius 1 is 1.06 bits per heavy atom. The first kappa shape index (κ1) is 12.9. The highest BCUT2D eigenvalue weighted by molar-refractivity contribution is 6.42. The van der Waals surface area contributed by atoms with Gasteiger partial charge in [-0.2, -0.15) is 0 Å². The summed E-state index contributed by atoms with van der Waals surface area (Å²) < 4.78 is 0. The lowest BCUT2D eigenvalue weighted by atomic mass is 9.99. The molecule has 0 aliphatic rings. The monoisotopic (exact) mass is 279 g/mol. The Hall–Kier alpha value is -1.51. The maximum absolute atomic E-state index is 11.4. The predicted molar refractivity (Wildman–Crippen MR) is 74.2 cm³/mol. The largest absolute Gasteiger partial charge is 0.366 e. The topological polar surface area (TPSA) is 43.1 Å². The summed E-state index contributed by atoms with van der Waals surface area (Å²) in [5, 5.41) is 0.810. The van der Waals surface area contributed by atoms with Crippen LogP contribution >= 0.6 is 23.2 Å². The van der Waals surface area contributed by atoms with Gasteiger partial charge in [0.1, 0.15) is 0 Å². The van der Waals surface area contributed by atoms with E-state index >= 15 is 0 Å². The SMILES string of the molecule is NC(=O)c1ccc(Cl)c(Cl)c1Cc1ccccc1. The fourth-order valence-electron chi connectivity index (χ4n) is 1.80. The Bertz CT molecular complexity index is 582. The van der Waals surface area contributed by atoms with E-state index in [1.807, 2.05) is 30.3 Å². The van der Waals surface area contributed by atoms with Gasteiger partial charge in [-0.05, 0) is 29.7 Å². The number of hydrogen-bond acceptors (Lipinski definition) is 1. The summed E-state index contributed by atoms with van der Waals surface area (Å²) in [6.45, 7) is 0. The number of benzene rings is 2. The molecule has 0 aliphatic heterocycles. The van der Waals surface area contributed by atoms with Crippen LogP contribution in [0, 0.1) is 0 Å². The summed E-state index contributed by atoms with van der Waals surface area (Å²) in [4.78, 5) is 11.4. The van der Waals surface area contributed by atoms with Crippen LogP contribution in [0.25, 0.3) is 0 Å². The van der Waals surface area contributed by atoms with Crippen LogP contribution in [0.2, 0.25) is 10.0 Å². The Morgan fingerprint density at radius 2 is 1.72 bits per heavy atom. The number of hydrogen-bond donors (Lipinski definition) is 1. The molecule has 2 aromatic rings. The molecule has 2 aromatic carbocycles. The molecule has 0 fully saturated rings. The van der Waals surface area contributed by atoms with Crippen LogP contribution in [0.4, 0.5) is 0 Å². The standard InChI is InChI=1S/C14H11Cl2NO/c15-12-7-6-10(14(17)18)11(13(12)16)8-9-4-2-1-3-5-9/h1-7H,8H2,(H2,17,18). The molecule has 18 heavy (non-hydrogen) atoms. The van der Waals surface area contributed by atoms with E-state index < -0.39 is 5.91 Å². The van der Waals surface area contributed by atoms with Crippen molar-refractivity contribution in [3.8, 4) is 0 Å². The van der Waals surface area contributed by atoms with E-state index in [-0.39, 0.29) is 0 Å². The summed E-state index contributed by atoms with van der Waals surface area (Å²) in [5.41, 5.74) is 7.47. The smallest absolute Gasteiger partial charge is 0.249 e. The van der Waals surface area contributed by atoms with Crippen LogP contribution in [0.5, 0.6) is 0 Å². The minimum absolute atomic E-state index is 0.386. The Morgan fingerprint density at radius 3 is 2.33 bits per heavy atom. The van der Waals surface area contributed by atoms with Crippen molar-refractivity contribution in [2.75, 3.05) is 0 Å². The molecule has 0 saturated carbocycles. The summed E-state index contributed by atoms with van der Waals surface area (Å²) in [7, 11) is 0. The lowest BCUT2D eigenvalue weighted by Crippen LogP contribution is -2.14. The molecule has 92 valence electrons. The molecule has 0 atom stereocenters. The van der Waals surface area contributed by atoms with Gasteiger partial charge in [-0.25, -0.2) is 0 Å². The van der Waals surface area contributed by atoms with Crippen molar-refractivity contribution in [2.45, 2.75) is 6.42 Å². The Balaban J connectivity index is 2.48. The zero-order chi connectivity index (χ0) is 13.1. The maximum Gasteiger partial charge on any atom is 0.249 e. The molecule has 4 heteroatoms. The molecule has 0 bridgehead atoms. The zero-order valence-electron chi connectivity index (χ0n) is 9.49. The van der Waals surface area contributed by atoms with Gasteiger partial charge in [-0.1, -0.05) is 53.5 Å². The Kier molecular flexibility index (Phi) is 3.90. The molecule has 0 aromatic heterocycles. The quantitative estimate of drug-likeness (QED) is 0.915. The second-order valence-electron chi connectivity index (χ2n) is 3.91. The highest BCUT2D eigenvalue weighted by Gasteiger charge is 2.14. The third-order valence-corrected chi connectivity index (χ3v) is 3.53. The molecule has 2 N–H and O–H groups in total. The maximum atomic E-state index is 11.4. The van der Waals surface area contributed by atoms with Crippen molar-refractivity contribution in [3.05, 3.63) is 69.2 Å². The molecule has 0 heterocycles. The third-order valence-electron chi connectivity index (χ3n) is 2.69. The van der Waals surface area contributed by atoms with Crippen molar-refractivity contribution in [2.24, 2.45) is 5.73 Å². The molecule has 1 amide bonds. The predicted octanol–water partition coefficient (Wildman–Crippen LogP) is 3.68. The van der Waals surface area contributed by atoms with Crippen LogP contribution in [0.1, 0.15) is 21.5 Å². The van der Waals surface area contributed by atoms with Gasteiger partial charge in [0.25, 0.3) is 0 Å². The minimum Gasteiger partial charge on any atom is -0.366 e. The van der Waals surface area contributed by atoms with Gasteiger partial charge in [-0.15, -0.1) is 0 Å². The molecule has 0 unspecified atom stereocenters. The van der Waals surface area contributed by atoms with Crippen molar-refractivity contribution in [1.29, 1.82) is 0 Å². The number of amides is 1. The summed E-state index contributed by atoms with van der Waals surface area (Å²) in [6, 6.07) is 12.9. The van der Waals surface area contributed by atoms with Crippen molar-refractivity contribution in [3.63, 3.8) is 0 Å². The van der Waals surface area contributed by atoms with Crippen molar-refractivity contribution < 1.29 is 4.79 Å². The van der Waals surface area contributed by atoms with E-state index in [1.54, 1.807) is 12.1 Å².